The molecule has 154 valence electrons. The third-order valence-corrected chi connectivity index (χ3v) is 5.56. The number of aromatic nitrogens is 2. The molecule has 0 N–H and O–H groups in total. The van der Waals surface area contributed by atoms with E-state index in [1.807, 2.05) is 65.3 Å². The maximum atomic E-state index is 13.0. The third-order valence-electron chi connectivity index (χ3n) is 5.56. The molecule has 1 amide bonds. The van der Waals surface area contributed by atoms with Crippen LogP contribution in [0, 0.1) is 0 Å². The first-order valence-corrected chi connectivity index (χ1v) is 10.3. The van der Waals surface area contributed by atoms with E-state index < -0.39 is 0 Å². The first kappa shape index (κ1) is 19.9. The van der Waals surface area contributed by atoms with Crippen LogP contribution in [-0.2, 0) is 14.3 Å². The molecule has 1 saturated heterocycles. The first-order chi connectivity index (χ1) is 14.7. The molecule has 0 radical (unpaired) electrons. The number of benzene rings is 1. The average molecular weight is 403 g/mol. The highest BCUT2D eigenvalue weighted by atomic mass is 16.5. The van der Waals surface area contributed by atoms with Crippen LogP contribution in [0.25, 0.3) is 22.9 Å². The number of esters is 1. The van der Waals surface area contributed by atoms with Crippen LogP contribution in [0.5, 0.6) is 0 Å². The molecule has 3 heterocycles. The highest BCUT2D eigenvalue weighted by molar-refractivity contribution is 5.95. The number of pyridine rings is 1. The minimum atomic E-state index is -0.280. The van der Waals surface area contributed by atoms with Crippen molar-refractivity contribution in [3.8, 4) is 11.3 Å². The van der Waals surface area contributed by atoms with E-state index in [0.29, 0.717) is 6.54 Å². The highest BCUT2D eigenvalue weighted by Crippen LogP contribution is 2.28. The molecule has 1 atom stereocenters. The lowest BCUT2D eigenvalue weighted by molar-refractivity contribution is -0.143. The summed E-state index contributed by atoms with van der Waals surface area (Å²) < 4.78 is 6.63. The van der Waals surface area contributed by atoms with Gasteiger partial charge in [-0.3, -0.25) is 9.59 Å². The number of carbonyl (C=O) groups excluding carboxylic acids is 2. The van der Waals surface area contributed by atoms with E-state index in [-0.39, 0.29) is 24.3 Å². The Labute approximate surface area is 175 Å². The number of hydrogen-bond acceptors (Lipinski definition) is 4. The number of amides is 1. The van der Waals surface area contributed by atoms with E-state index in [4.69, 9.17) is 9.84 Å². The van der Waals surface area contributed by atoms with E-state index in [2.05, 4.69) is 0 Å². The minimum absolute atomic E-state index is 0.0853. The quantitative estimate of drug-likeness (QED) is 0.478. The van der Waals surface area contributed by atoms with Gasteiger partial charge in [0, 0.05) is 36.0 Å². The standard InChI is InChI=1S/C24H25N3O3/c1-30-23(29)17-19-11-5-7-15-26(19)22(28)14-13-20-21-12-6-8-16-27(21)25-24(20)18-9-3-2-4-10-18/h2-4,6,8-10,12-14,16,19H,5,7,11,15,17H2,1H3/b14-13+. The SMILES string of the molecule is COC(=O)CC1CCCCN1C(=O)/C=C/c1c(-c2ccccc2)nn2ccccc12. The van der Waals surface area contributed by atoms with E-state index in [9.17, 15) is 9.59 Å². The van der Waals surface area contributed by atoms with Gasteiger partial charge in [-0.15, -0.1) is 0 Å². The molecule has 6 nitrogen and oxygen atoms in total. The van der Waals surface area contributed by atoms with Gasteiger partial charge in [0.05, 0.1) is 19.0 Å². The summed E-state index contributed by atoms with van der Waals surface area (Å²) in [4.78, 5) is 26.6. The van der Waals surface area contributed by atoms with Gasteiger partial charge in [0.2, 0.25) is 5.91 Å². The average Bonchev–Trinajstić information content (AvgIpc) is 3.17. The first-order valence-electron chi connectivity index (χ1n) is 10.3. The third kappa shape index (κ3) is 4.13. The number of ether oxygens (including phenoxy) is 1. The van der Waals surface area contributed by atoms with Crippen LogP contribution >= 0.6 is 0 Å². The summed E-state index contributed by atoms with van der Waals surface area (Å²) in [5, 5.41) is 4.72. The number of fused-ring (bicyclic) bond motifs is 1. The van der Waals surface area contributed by atoms with Crippen molar-refractivity contribution in [1.29, 1.82) is 0 Å². The molecule has 4 rings (SSSR count). The Morgan fingerprint density at radius 2 is 1.93 bits per heavy atom. The second-order valence-electron chi connectivity index (χ2n) is 7.45. The van der Waals surface area contributed by atoms with Gasteiger partial charge in [-0.05, 0) is 37.5 Å². The van der Waals surface area contributed by atoms with Gasteiger partial charge >= 0.3 is 5.97 Å². The molecule has 1 unspecified atom stereocenters. The molecule has 1 aromatic carbocycles. The van der Waals surface area contributed by atoms with Crippen LogP contribution in [0.15, 0.2) is 60.8 Å². The van der Waals surface area contributed by atoms with Crippen molar-refractivity contribution in [3.05, 3.63) is 66.4 Å². The molecule has 0 aliphatic carbocycles. The molecule has 30 heavy (non-hydrogen) atoms. The van der Waals surface area contributed by atoms with Crippen molar-refractivity contribution in [2.24, 2.45) is 0 Å². The minimum Gasteiger partial charge on any atom is -0.469 e. The Morgan fingerprint density at radius 1 is 1.13 bits per heavy atom. The second kappa shape index (κ2) is 8.95. The smallest absolute Gasteiger partial charge is 0.307 e. The van der Waals surface area contributed by atoms with Crippen LogP contribution in [0.2, 0.25) is 0 Å². The van der Waals surface area contributed by atoms with Gasteiger partial charge in [0.1, 0.15) is 5.69 Å². The molecule has 0 saturated carbocycles. The summed E-state index contributed by atoms with van der Waals surface area (Å²) in [5.41, 5.74) is 3.66. The lowest BCUT2D eigenvalue weighted by Crippen LogP contribution is -2.44. The second-order valence-corrected chi connectivity index (χ2v) is 7.45. The number of hydrogen-bond donors (Lipinski definition) is 0. The van der Waals surface area contributed by atoms with Gasteiger partial charge in [0.15, 0.2) is 0 Å². The predicted octanol–water partition coefficient (Wildman–Crippen LogP) is 3.96. The molecule has 0 bridgehead atoms. The largest absolute Gasteiger partial charge is 0.469 e. The number of piperidine rings is 1. The van der Waals surface area contributed by atoms with Gasteiger partial charge in [0.25, 0.3) is 0 Å². The zero-order chi connectivity index (χ0) is 20.9. The van der Waals surface area contributed by atoms with Crippen molar-refractivity contribution in [1.82, 2.24) is 14.5 Å². The van der Waals surface area contributed by atoms with Crippen molar-refractivity contribution in [2.45, 2.75) is 31.7 Å². The van der Waals surface area contributed by atoms with Crippen molar-refractivity contribution in [2.75, 3.05) is 13.7 Å². The van der Waals surface area contributed by atoms with Crippen molar-refractivity contribution in [3.63, 3.8) is 0 Å². The fraction of sp³-hybridized carbons (Fsp3) is 0.292. The number of methoxy groups -OCH3 is 1. The number of rotatable bonds is 5. The van der Waals surface area contributed by atoms with Crippen molar-refractivity contribution >= 4 is 23.5 Å². The lowest BCUT2D eigenvalue weighted by Gasteiger charge is -2.34. The molecule has 3 aromatic rings. The fourth-order valence-corrected chi connectivity index (χ4v) is 4.02. The number of likely N-dealkylation sites (tertiary alicyclic amines) is 1. The summed E-state index contributed by atoms with van der Waals surface area (Å²) in [6.45, 7) is 0.658. The number of carbonyl (C=O) groups is 2. The predicted molar refractivity (Wildman–Crippen MR) is 116 cm³/mol. The van der Waals surface area contributed by atoms with Crippen LogP contribution in [0.4, 0.5) is 0 Å². The lowest BCUT2D eigenvalue weighted by atomic mass is 9.99. The zero-order valence-corrected chi connectivity index (χ0v) is 17.0. The van der Waals surface area contributed by atoms with Crippen LogP contribution in [-0.4, -0.2) is 46.1 Å². The van der Waals surface area contributed by atoms with Gasteiger partial charge < -0.3 is 9.64 Å². The van der Waals surface area contributed by atoms with Crippen LogP contribution in [0.3, 0.4) is 0 Å². The maximum Gasteiger partial charge on any atom is 0.307 e. The Hall–Kier alpha value is -3.41. The van der Waals surface area contributed by atoms with Gasteiger partial charge in [-0.2, -0.15) is 5.10 Å². The molecule has 2 aromatic heterocycles. The van der Waals surface area contributed by atoms with Gasteiger partial charge in [-0.1, -0.05) is 36.4 Å². The summed E-state index contributed by atoms with van der Waals surface area (Å²) >= 11 is 0. The van der Waals surface area contributed by atoms with Crippen LogP contribution in [0.1, 0.15) is 31.2 Å². The molecular weight excluding hydrogens is 378 g/mol. The molecule has 0 spiro atoms. The van der Waals surface area contributed by atoms with Crippen molar-refractivity contribution < 1.29 is 14.3 Å². The topological polar surface area (TPSA) is 63.9 Å². The Bertz CT molecular complexity index is 1070. The maximum absolute atomic E-state index is 13.0. The van der Waals surface area contributed by atoms with Gasteiger partial charge in [-0.25, -0.2) is 4.52 Å². The van der Waals surface area contributed by atoms with E-state index >= 15 is 0 Å². The summed E-state index contributed by atoms with van der Waals surface area (Å²) in [7, 11) is 1.38. The summed E-state index contributed by atoms with van der Waals surface area (Å²) in [6, 6.07) is 15.7. The van der Waals surface area contributed by atoms with E-state index in [0.717, 1.165) is 41.6 Å². The summed E-state index contributed by atoms with van der Waals surface area (Å²) in [5.74, 6) is -0.365. The molecule has 1 fully saturated rings. The van der Waals surface area contributed by atoms with E-state index in [1.54, 1.807) is 11.0 Å². The fourth-order valence-electron chi connectivity index (χ4n) is 4.02. The number of nitrogens with zero attached hydrogens (tertiary/aromatic N) is 3. The Balaban J connectivity index is 1.64. The summed E-state index contributed by atoms with van der Waals surface area (Å²) in [6.07, 6.45) is 8.37. The van der Waals surface area contributed by atoms with E-state index in [1.165, 1.54) is 7.11 Å². The highest BCUT2D eigenvalue weighted by Gasteiger charge is 2.27. The molecule has 1 aliphatic heterocycles. The monoisotopic (exact) mass is 403 g/mol. The zero-order valence-electron chi connectivity index (χ0n) is 17.0. The Morgan fingerprint density at radius 3 is 2.73 bits per heavy atom. The molecule has 1 aliphatic rings. The molecular formula is C24H25N3O3. The Kier molecular flexibility index (Phi) is 5.93. The van der Waals surface area contributed by atoms with Crippen LogP contribution < -0.4 is 0 Å². The molecule has 6 heteroatoms. The normalized spacial score (nSPS) is 16.8.